The second kappa shape index (κ2) is 9.53. The number of nitrogens with zero attached hydrogens (tertiary/aromatic N) is 4. The van der Waals surface area contributed by atoms with Gasteiger partial charge in [-0.1, -0.05) is 45.0 Å². The smallest absolute Gasteiger partial charge is 0.273 e. The van der Waals surface area contributed by atoms with E-state index >= 15 is 0 Å². The number of ether oxygens (including phenoxy) is 1. The third kappa shape index (κ3) is 5.64. The van der Waals surface area contributed by atoms with Crippen molar-refractivity contribution in [3.63, 3.8) is 0 Å². The highest BCUT2D eigenvalue weighted by atomic mass is 79.9. The highest BCUT2D eigenvalue weighted by Crippen LogP contribution is 2.38. The molecule has 0 spiro atoms. The number of rotatable bonds is 6. The Kier molecular flexibility index (Phi) is 6.97. The molecule has 1 aromatic heterocycles. The van der Waals surface area contributed by atoms with Crippen LogP contribution in [0.3, 0.4) is 0 Å². The number of nitro groups is 1. The number of anilines is 1. The lowest BCUT2D eigenvalue weighted by molar-refractivity contribution is -0.384. The van der Waals surface area contributed by atoms with E-state index in [-0.39, 0.29) is 46.5 Å². The maximum atomic E-state index is 11.2. The van der Waals surface area contributed by atoms with E-state index in [2.05, 4.69) is 51.9 Å². The quantitative estimate of drug-likeness (QED) is 0.215. The first kappa shape index (κ1) is 24.1. The molecule has 0 fully saturated rings. The van der Waals surface area contributed by atoms with Crippen molar-refractivity contribution in [1.82, 2.24) is 4.98 Å². The maximum absolute atomic E-state index is 11.2. The zero-order valence-electron chi connectivity index (χ0n) is 18.7. The minimum atomic E-state index is -0.506. The van der Waals surface area contributed by atoms with E-state index in [0.717, 1.165) is 5.56 Å². The molecule has 172 valence electrons. The van der Waals surface area contributed by atoms with E-state index in [1.807, 2.05) is 24.3 Å². The minimum absolute atomic E-state index is 0.0330. The molecule has 0 amide bonds. The molecule has 0 unspecified atom stereocenters. The number of non-ortho nitro benzene ring substituents is 1. The Hall–Kier alpha value is -3.53. The van der Waals surface area contributed by atoms with E-state index in [0.29, 0.717) is 10.0 Å². The van der Waals surface area contributed by atoms with Crippen LogP contribution in [0.2, 0.25) is 0 Å². The Morgan fingerprint density at radius 3 is 2.45 bits per heavy atom. The van der Waals surface area contributed by atoms with Crippen molar-refractivity contribution in [3.8, 4) is 11.5 Å². The van der Waals surface area contributed by atoms with Gasteiger partial charge in [0, 0.05) is 11.6 Å². The Morgan fingerprint density at radius 2 is 1.85 bits per heavy atom. The third-order valence-corrected chi connectivity index (χ3v) is 5.92. The fourth-order valence-corrected chi connectivity index (χ4v) is 3.28. The van der Waals surface area contributed by atoms with Crippen LogP contribution in [0.15, 0.2) is 57.2 Å². The molecule has 0 saturated carbocycles. The van der Waals surface area contributed by atoms with Crippen molar-refractivity contribution in [1.29, 1.82) is 0 Å². The lowest BCUT2D eigenvalue weighted by Crippen LogP contribution is -2.10. The summed E-state index contributed by atoms with van der Waals surface area (Å²) in [4.78, 5) is 14.8. The van der Waals surface area contributed by atoms with Gasteiger partial charge in [-0.15, -0.1) is 10.2 Å². The van der Waals surface area contributed by atoms with Gasteiger partial charge in [0.25, 0.3) is 5.69 Å². The topological polar surface area (TPSA) is 136 Å². The molecule has 0 saturated heterocycles. The highest BCUT2D eigenvalue weighted by Gasteiger charge is 2.16. The van der Waals surface area contributed by atoms with Gasteiger partial charge in [0.1, 0.15) is 12.3 Å². The van der Waals surface area contributed by atoms with Crippen molar-refractivity contribution < 1.29 is 14.8 Å². The standard InChI is InChI=1S/C23H24BrN5O4/c1-13-19(24)22(26-21(25)20(13)30)28-27-17-10-9-16(29(31)32)11-18(17)33-12-14-5-7-15(8-6-14)23(2,3)4/h5-11,30H,12H2,1-4H3,(H2,25,26)/b28-27+. The summed E-state index contributed by atoms with van der Waals surface area (Å²) in [6.45, 7) is 8.25. The van der Waals surface area contributed by atoms with Gasteiger partial charge in [-0.3, -0.25) is 10.1 Å². The second-order valence-electron chi connectivity index (χ2n) is 8.45. The summed E-state index contributed by atoms with van der Waals surface area (Å²) in [7, 11) is 0. The van der Waals surface area contributed by atoms with E-state index in [9.17, 15) is 15.2 Å². The summed E-state index contributed by atoms with van der Waals surface area (Å²) < 4.78 is 6.30. The summed E-state index contributed by atoms with van der Waals surface area (Å²) in [5, 5.41) is 29.4. The molecule has 0 aliphatic rings. The first-order valence-electron chi connectivity index (χ1n) is 10.0. The number of hydrogen-bond donors (Lipinski definition) is 2. The van der Waals surface area contributed by atoms with Crippen molar-refractivity contribution in [2.24, 2.45) is 10.2 Å². The van der Waals surface area contributed by atoms with E-state index < -0.39 is 4.92 Å². The molecular weight excluding hydrogens is 490 g/mol. The largest absolute Gasteiger partial charge is 0.504 e. The lowest BCUT2D eigenvalue weighted by atomic mass is 9.87. The van der Waals surface area contributed by atoms with E-state index in [1.165, 1.54) is 23.8 Å². The Bertz CT molecular complexity index is 1220. The number of nitrogens with two attached hydrogens (primary N) is 1. The molecular formula is C23H24BrN5O4. The third-order valence-electron chi connectivity index (χ3n) is 4.97. The zero-order chi connectivity index (χ0) is 24.3. The number of halogens is 1. The van der Waals surface area contributed by atoms with Crippen LogP contribution >= 0.6 is 15.9 Å². The first-order chi connectivity index (χ1) is 15.5. The first-order valence-corrected chi connectivity index (χ1v) is 10.8. The predicted molar refractivity (Wildman–Crippen MR) is 129 cm³/mol. The molecule has 3 aromatic rings. The van der Waals surface area contributed by atoms with Gasteiger partial charge in [0.2, 0.25) is 0 Å². The lowest BCUT2D eigenvalue weighted by Gasteiger charge is -2.19. The second-order valence-corrected chi connectivity index (χ2v) is 9.25. The Morgan fingerprint density at radius 1 is 1.18 bits per heavy atom. The molecule has 1 heterocycles. The van der Waals surface area contributed by atoms with Crippen molar-refractivity contribution in [3.05, 3.63) is 73.7 Å². The molecule has 9 nitrogen and oxygen atoms in total. The number of nitrogen functional groups attached to an aromatic ring is 1. The number of hydrogen-bond acceptors (Lipinski definition) is 8. The van der Waals surface area contributed by atoms with Crippen LogP contribution in [0.5, 0.6) is 11.5 Å². The summed E-state index contributed by atoms with van der Waals surface area (Å²) in [5.74, 6) is 0.138. The molecule has 0 atom stereocenters. The van der Waals surface area contributed by atoms with E-state index in [1.54, 1.807) is 6.92 Å². The van der Waals surface area contributed by atoms with Crippen LogP contribution in [-0.4, -0.2) is 15.0 Å². The monoisotopic (exact) mass is 513 g/mol. The molecule has 3 rings (SSSR count). The number of aromatic nitrogens is 1. The fourth-order valence-electron chi connectivity index (χ4n) is 2.92. The van der Waals surface area contributed by atoms with Gasteiger partial charge in [0.15, 0.2) is 23.1 Å². The molecule has 10 heteroatoms. The predicted octanol–water partition coefficient (Wildman–Crippen LogP) is 6.64. The summed E-state index contributed by atoms with van der Waals surface area (Å²) >= 11 is 3.32. The fraction of sp³-hybridized carbons (Fsp3) is 0.261. The van der Waals surface area contributed by atoms with Gasteiger partial charge in [-0.2, -0.15) is 0 Å². The zero-order valence-corrected chi connectivity index (χ0v) is 20.3. The number of benzene rings is 2. The maximum Gasteiger partial charge on any atom is 0.273 e. The van der Waals surface area contributed by atoms with Gasteiger partial charge >= 0.3 is 0 Å². The Balaban J connectivity index is 1.89. The molecule has 0 bridgehead atoms. The number of pyridine rings is 1. The number of aromatic hydroxyl groups is 1. The van der Waals surface area contributed by atoms with Gasteiger partial charge < -0.3 is 15.6 Å². The van der Waals surface area contributed by atoms with Crippen LogP contribution in [0.4, 0.5) is 23.0 Å². The molecule has 3 N–H and O–H groups in total. The number of nitro benzene ring substituents is 1. The SMILES string of the molecule is Cc1c(O)c(N)nc(/N=N/c2ccc([N+](=O)[O-])cc2OCc2ccc(C(C)(C)C)cc2)c1Br. The summed E-state index contributed by atoms with van der Waals surface area (Å²) in [6, 6.07) is 12.1. The van der Waals surface area contributed by atoms with Crippen LogP contribution in [0.25, 0.3) is 0 Å². The van der Waals surface area contributed by atoms with E-state index in [4.69, 9.17) is 10.5 Å². The van der Waals surface area contributed by atoms with Crippen molar-refractivity contribution in [2.45, 2.75) is 39.7 Å². The summed E-state index contributed by atoms with van der Waals surface area (Å²) in [5.41, 5.74) is 8.46. The molecule has 33 heavy (non-hydrogen) atoms. The highest BCUT2D eigenvalue weighted by molar-refractivity contribution is 9.10. The van der Waals surface area contributed by atoms with Gasteiger partial charge in [0.05, 0.1) is 15.5 Å². The minimum Gasteiger partial charge on any atom is -0.504 e. The van der Waals surface area contributed by atoms with Crippen LogP contribution in [0.1, 0.15) is 37.5 Å². The number of azo groups is 1. The van der Waals surface area contributed by atoms with Crippen LogP contribution in [-0.2, 0) is 12.0 Å². The van der Waals surface area contributed by atoms with Gasteiger partial charge in [-0.05, 0) is 45.5 Å². The normalized spacial score (nSPS) is 11.7. The molecule has 0 radical (unpaired) electrons. The van der Waals surface area contributed by atoms with Crippen LogP contribution < -0.4 is 10.5 Å². The van der Waals surface area contributed by atoms with Crippen molar-refractivity contribution >= 4 is 38.9 Å². The average Bonchev–Trinajstić information content (AvgIpc) is 2.77. The van der Waals surface area contributed by atoms with Gasteiger partial charge in [-0.25, -0.2) is 4.98 Å². The molecule has 0 aliphatic carbocycles. The molecule has 2 aromatic carbocycles. The van der Waals surface area contributed by atoms with Crippen LogP contribution in [0, 0.1) is 17.0 Å². The molecule has 0 aliphatic heterocycles. The summed E-state index contributed by atoms with van der Waals surface area (Å²) in [6.07, 6.45) is 0. The Labute approximate surface area is 199 Å². The van der Waals surface area contributed by atoms with Crippen molar-refractivity contribution in [2.75, 3.05) is 5.73 Å². The average molecular weight is 514 g/mol.